The smallest absolute Gasteiger partial charge is 0.407 e. The first-order valence-electron chi connectivity index (χ1n) is 22.7. The van der Waals surface area contributed by atoms with Crippen molar-refractivity contribution < 1.29 is 45.4 Å². The zero-order valence-corrected chi connectivity index (χ0v) is 42.3. The van der Waals surface area contributed by atoms with Crippen LogP contribution in [0.2, 0.25) is 18.1 Å². The molecule has 7 rings (SSSR count). The highest BCUT2D eigenvalue weighted by atomic mass is 32.2. The van der Waals surface area contributed by atoms with Crippen LogP contribution in [-0.4, -0.2) is 119 Å². The Kier molecular flexibility index (Phi) is 15.8. The molecule has 0 radical (unpaired) electrons. The lowest BCUT2D eigenvalue weighted by atomic mass is 9.89. The van der Waals surface area contributed by atoms with Crippen molar-refractivity contribution in [3.05, 3.63) is 114 Å². The lowest BCUT2D eigenvalue weighted by Crippen LogP contribution is -2.50. The van der Waals surface area contributed by atoms with E-state index in [4.69, 9.17) is 19.0 Å². The summed E-state index contributed by atoms with van der Waals surface area (Å²) < 4.78 is 83.3. The number of piperidine rings is 1. The summed E-state index contributed by atoms with van der Waals surface area (Å²) in [5.74, 6) is 0.586. The number of benzene rings is 4. The lowest BCUT2D eigenvalue weighted by molar-refractivity contribution is 0.163. The number of cyclic esters (lactones) is 1. The Labute approximate surface area is 404 Å². The lowest BCUT2D eigenvalue weighted by Gasteiger charge is -2.39. The second kappa shape index (κ2) is 21.4. The number of amides is 2. The summed E-state index contributed by atoms with van der Waals surface area (Å²) in [5, 5.41) is 28.0. The van der Waals surface area contributed by atoms with Crippen LogP contribution in [0.1, 0.15) is 50.3 Å². The standard InChI is InChI=1S/C47H61N9O10S2Si/c1-47(2,3)69(5,6)66-38(27-48-45(57)58)28-49-67(60,61)41-22-21-40(54-25-23-36(24-26-54)39-32-65-46(59)50-39)42(44-51-53-56(52-44)31-35-17-19-37(64-4)20-18-35)43(41)68(62,63)55(29-33-13-9-7-10-14-33)30-34-15-11-8-12-16-34/h7-22,36,38-39,48-49H,23-32H2,1-6H3,(H,50,59)(H,57,58)/t38-,39?/m1/s1. The fraction of sp³-hybridized carbons (Fsp3) is 0.426. The topological polar surface area (TPSA) is 237 Å². The molecule has 2 amide bonds. The van der Waals surface area contributed by atoms with Crippen molar-refractivity contribution in [3.63, 3.8) is 0 Å². The molecule has 2 fully saturated rings. The third-order valence-corrected chi connectivity index (χ3v) is 21.0. The molecule has 2 aliphatic rings. The highest BCUT2D eigenvalue weighted by Crippen LogP contribution is 2.43. The van der Waals surface area contributed by atoms with Gasteiger partial charge in [-0.05, 0) is 83.1 Å². The second-order valence-corrected chi connectivity index (χ2v) is 27.1. The Morgan fingerprint density at radius 3 is 2.09 bits per heavy atom. The number of hydrogen-bond acceptors (Lipinski definition) is 13. The van der Waals surface area contributed by atoms with Crippen LogP contribution in [0, 0.1) is 5.92 Å². The first kappa shape index (κ1) is 51.0. The fourth-order valence-electron chi connectivity index (χ4n) is 8.16. The SMILES string of the molecule is COc1ccc(Cn2nnc(-c3c(N4CCC(C5COC(=O)N5)CC4)ccc(S(=O)(=O)NC[C@@H](CNC(=O)O)O[Si](C)(C)C(C)(C)C)c3S(=O)(=O)N(Cc3ccccc3)Cc3ccccc3)n2)cc1. The molecular weight excluding hydrogens is 943 g/mol. The molecule has 0 aliphatic carbocycles. The number of carboxylic acid groups (broad SMARTS) is 1. The number of anilines is 1. The van der Waals surface area contributed by atoms with Gasteiger partial charge in [0, 0.05) is 45.0 Å². The normalized spacial score (nSPS) is 16.5. The van der Waals surface area contributed by atoms with Crippen molar-refractivity contribution in [3.8, 4) is 17.1 Å². The van der Waals surface area contributed by atoms with Crippen LogP contribution in [0.4, 0.5) is 15.3 Å². The Morgan fingerprint density at radius 2 is 1.54 bits per heavy atom. The summed E-state index contributed by atoms with van der Waals surface area (Å²) in [4.78, 5) is 25.9. The van der Waals surface area contributed by atoms with E-state index in [0.29, 0.717) is 48.5 Å². The summed E-state index contributed by atoms with van der Waals surface area (Å²) in [7, 11) is -10.7. The van der Waals surface area contributed by atoms with Crippen molar-refractivity contribution in [1.82, 2.24) is 39.9 Å². The number of rotatable bonds is 20. The van der Waals surface area contributed by atoms with E-state index < -0.39 is 63.0 Å². The molecule has 69 heavy (non-hydrogen) atoms. The van der Waals surface area contributed by atoms with Crippen molar-refractivity contribution >= 4 is 46.2 Å². The molecule has 0 spiro atoms. The minimum Gasteiger partial charge on any atom is -0.497 e. The van der Waals surface area contributed by atoms with Gasteiger partial charge in [-0.2, -0.15) is 9.10 Å². The van der Waals surface area contributed by atoms with E-state index in [2.05, 4.69) is 25.7 Å². The molecule has 2 saturated heterocycles. The number of ether oxygens (including phenoxy) is 2. The first-order chi connectivity index (χ1) is 32.7. The van der Waals surface area contributed by atoms with E-state index in [1.54, 1.807) is 73.8 Å². The van der Waals surface area contributed by atoms with Gasteiger partial charge in [-0.25, -0.2) is 31.1 Å². The molecule has 0 saturated carbocycles. The third-order valence-electron chi connectivity index (χ3n) is 12.9. The van der Waals surface area contributed by atoms with E-state index in [1.165, 1.54) is 15.2 Å². The maximum atomic E-state index is 16.0. The van der Waals surface area contributed by atoms with Crippen molar-refractivity contribution in [2.45, 2.75) is 93.3 Å². The Hall–Kier alpha value is -5.91. The predicted octanol–water partition coefficient (Wildman–Crippen LogP) is 6.05. The van der Waals surface area contributed by atoms with Gasteiger partial charge in [0.1, 0.15) is 22.1 Å². The van der Waals surface area contributed by atoms with Crippen LogP contribution < -0.4 is 25.0 Å². The molecule has 2 atom stereocenters. The van der Waals surface area contributed by atoms with Gasteiger partial charge in [-0.15, -0.1) is 10.2 Å². The zero-order chi connectivity index (χ0) is 49.6. The Bertz CT molecular complexity index is 2750. The largest absolute Gasteiger partial charge is 0.497 e. The van der Waals surface area contributed by atoms with Crippen LogP contribution >= 0.6 is 0 Å². The second-order valence-electron chi connectivity index (χ2n) is 18.7. The minimum atomic E-state index is -4.87. The van der Waals surface area contributed by atoms with Crippen LogP contribution in [0.3, 0.4) is 0 Å². The molecule has 3 heterocycles. The maximum absolute atomic E-state index is 16.0. The van der Waals surface area contributed by atoms with Gasteiger partial charge >= 0.3 is 12.2 Å². The van der Waals surface area contributed by atoms with Gasteiger partial charge in [0.15, 0.2) is 8.32 Å². The zero-order valence-electron chi connectivity index (χ0n) is 39.7. The van der Waals surface area contributed by atoms with Crippen LogP contribution in [0.15, 0.2) is 107 Å². The van der Waals surface area contributed by atoms with Gasteiger partial charge < -0.3 is 34.5 Å². The molecule has 22 heteroatoms. The van der Waals surface area contributed by atoms with E-state index in [-0.39, 0.29) is 61.2 Å². The molecular formula is C47H61N9O10S2Si. The average Bonchev–Trinajstić information content (AvgIpc) is 3.98. The maximum Gasteiger partial charge on any atom is 0.407 e. The minimum absolute atomic E-state index is 0.0658. The molecule has 0 bridgehead atoms. The number of carbonyl (C=O) groups is 2. The summed E-state index contributed by atoms with van der Waals surface area (Å²) in [5.41, 5.74) is 2.40. The number of nitrogens with zero attached hydrogens (tertiary/aromatic N) is 6. The number of tetrazole rings is 1. The van der Waals surface area contributed by atoms with Gasteiger partial charge in [0.05, 0.1) is 31.4 Å². The number of methoxy groups -OCH3 is 1. The first-order valence-corrected chi connectivity index (χ1v) is 28.6. The van der Waals surface area contributed by atoms with E-state index in [0.717, 1.165) is 5.56 Å². The number of nitrogens with one attached hydrogen (secondary N) is 3. The van der Waals surface area contributed by atoms with Gasteiger partial charge in [0.25, 0.3) is 0 Å². The van der Waals surface area contributed by atoms with Gasteiger partial charge in [-0.3, -0.25) is 0 Å². The molecule has 1 aromatic heterocycles. The van der Waals surface area contributed by atoms with Gasteiger partial charge in [0.2, 0.25) is 25.9 Å². The number of aromatic nitrogens is 4. The summed E-state index contributed by atoms with van der Waals surface area (Å²) in [6.45, 7) is 10.3. The fourth-order valence-corrected chi connectivity index (χ4v) is 13.0. The van der Waals surface area contributed by atoms with Crippen LogP contribution in [0.25, 0.3) is 11.4 Å². The third kappa shape index (κ3) is 12.5. The van der Waals surface area contributed by atoms with Crippen LogP contribution in [-0.2, 0) is 48.8 Å². The molecule has 4 aromatic carbocycles. The number of alkyl carbamates (subject to hydrolysis) is 1. The Morgan fingerprint density at radius 1 is 0.913 bits per heavy atom. The predicted molar refractivity (Wildman–Crippen MR) is 261 cm³/mol. The number of carbonyl (C=O) groups excluding carboxylic acids is 1. The monoisotopic (exact) mass is 1000 g/mol. The molecule has 5 aromatic rings. The highest BCUT2D eigenvalue weighted by Gasteiger charge is 2.42. The summed E-state index contributed by atoms with van der Waals surface area (Å²) in [6, 6.07) is 28.0. The Balaban J connectivity index is 1.40. The quantitative estimate of drug-likeness (QED) is 0.0650. The number of sulfonamides is 2. The summed E-state index contributed by atoms with van der Waals surface area (Å²) >= 11 is 0. The van der Waals surface area contributed by atoms with E-state index in [1.807, 2.05) is 63.0 Å². The van der Waals surface area contributed by atoms with E-state index in [9.17, 15) is 14.7 Å². The van der Waals surface area contributed by atoms with Crippen LogP contribution in [0.5, 0.6) is 5.75 Å². The molecule has 370 valence electrons. The highest BCUT2D eigenvalue weighted by molar-refractivity contribution is 7.92. The summed E-state index contributed by atoms with van der Waals surface area (Å²) in [6.07, 6.45) is -1.55. The number of hydrogen-bond donors (Lipinski definition) is 4. The van der Waals surface area contributed by atoms with Crippen molar-refractivity contribution in [2.75, 3.05) is 44.8 Å². The van der Waals surface area contributed by atoms with Crippen molar-refractivity contribution in [1.29, 1.82) is 0 Å². The van der Waals surface area contributed by atoms with Gasteiger partial charge in [-0.1, -0.05) is 93.6 Å². The molecule has 19 nitrogen and oxygen atoms in total. The molecule has 4 N–H and O–H groups in total. The van der Waals surface area contributed by atoms with E-state index >= 15 is 16.8 Å². The molecule has 1 unspecified atom stereocenters. The van der Waals surface area contributed by atoms with Crippen molar-refractivity contribution in [2.24, 2.45) is 5.92 Å². The molecule has 2 aliphatic heterocycles. The average molecular weight is 1000 g/mol.